The summed E-state index contributed by atoms with van der Waals surface area (Å²) in [5, 5.41) is 0. The summed E-state index contributed by atoms with van der Waals surface area (Å²) in [6, 6.07) is 0. The second-order valence-corrected chi connectivity index (χ2v) is 3.52. The number of hydrogen-bond acceptors (Lipinski definition) is 4. The molecule has 2 aliphatic rings. The number of ketones is 1. The molecule has 0 saturated carbocycles. The zero-order valence-corrected chi connectivity index (χ0v) is 8.24. The molecule has 4 heteroatoms. The summed E-state index contributed by atoms with van der Waals surface area (Å²) < 4.78 is 10.3. The summed E-state index contributed by atoms with van der Waals surface area (Å²) in [6.07, 6.45) is 4.16. The molecule has 15 heavy (non-hydrogen) atoms. The van der Waals surface area contributed by atoms with E-state index < -0.39 is 0 Å². The largest absolute Gasteiger partial charge is 0.492 e. The third-order valence-corrected chi connectivity index (χ3v) is 2.70. The second-order valence-electron chi connectivity index (χ2n) is 3.52. The number of rotatable bonds is 1. The maximum Gasteiger partial charge on any atom is 0.263 e. The normalized spacial score (nSPS) is 18.1. The van der Waals surface area contributed by atoms with Crippen LogP contribution in [0.3, 0.4) is 0 Å². The lowest BCUT2D eigenvalue weighted by atomic mass is 9.93. The Labute approximate surface area is 86.2 Å². The van der Waals surface area contributed by atoms with E-state index in [0.29, 0.717) is 11.5 Å². The van der Waals surface area contributed by atoms with Gasteiger partial charge in [-0.05, 0) is 6.42 Å². The maximum atomic E-state index is 11.8. The minimum absolute atomic E-state index is 0.195. The number of furan rings is 1. The van der Waals surface area contributed by atoms with Crippen molar-refractivity contribution in [3.8, 4) is 0 Å². The summed E-state index contributed by atoms with van der Waals surface area (Å²) in [7, 11) is 1.47. The monoisotopic (exact) mass is 203 g/mol. The first-order valence-electron chi connectivity index (χ1n) is 4.77. The number of carbonyl (C=O) groups excluding carboxylic acids is 1. The number of allylic oxidation sites excluding steroid dienone is 2. The average Bonchev–Trinajstić information content (AvgIpc) is 2.69. The molecule has 76 valence electrons. The lowest BCUT2D eigenvalue weighted by Crippen LogP contribution is -2.20. The van der Waals surface area contributed by atoms with Gasteiger partial charge in [-0.1, -0.05) is 0 Å². The van der Waals surface area contributed by atoms with Gasteiger partial charge in [0.25, 0.3) is 5.78 Å². The Balaban J connectivity index is 2.26. The molecule has 4 nitrogen and oxygen atoms in total. The van der Waals surface area contributed by atoms with Gasteiger partial charge < -0.3 is 9.15 Å². The van der Waals surface area contributed by atoms with Crippen LogP contribution in [-0.4, -0.2) is 25.1 Å². The van der Waals surface area contributed by atoms with Gasteiger partial charge >= 0.3 is 0 Å². The number of nitrogens with zero attached hydrogens (tertiary/aromatic N) is 1. The zero-order chi connectivity index (χ0) is 10.4. The molecule has 1 aliphatic carbocycles. The van der Waals surface area contributed by atoms with Crippen molar-refractivity contribution in [3.05, 3.63) is 35.0 Å². The minimum Gasteiger partial charge on any atom is -0.492 e. The Morgan fingerprint density at radius 2 is 2.40 bits per heavy atom. The van der Waals surface area contributed by atoms with Gasteiger partial charge in [0.05, 0.1) is 24.6 Å². The first-order valence-corrected chi connectivity index (χ1v) is 4.77. The number of ether oxygens (including phenoxy) is 1. The van der Waals surface area contributed by atoms with E-state index >= 15 is 0 Å². The third kappa shape index (κ3) is 1.02. The van der Waals surface area contributed by atoms with Crippen molar-refractivity contribution in [3.63, 3.8) is 0 Å². The first-order chi connectivity index (χ1) is 7.31. The predicted octanol–water partition coefficient (Wildman–Crippen LogP) is 1.35. The molecule has 0 aromatic carbocycles. The fraction of sp³-hybridized carbons (Fsp3) is 0.273. The Hall–Kier alpha value is -1.84. The molecule has 0 unspecified atom stereocenters. The predicted molar refractivity (Wildman–Crippen MR) is 53.2 cm³/mol. The highest BCUT2D eigenvalue weighted by molar-refractivity contribution is 6.25. The van der Waals surface area contributed by atoms with Crippen LogP contribution in [0.5, 0.6) is 0 Å². The van der Waals surface area contributed by atoms with E-state index in [0.717, 1.165) is 29.8 Å². The van der Waals surface area contributed by atoms with Crippen molar-refractivity contribution in [1.82, 2.24) is 0 Å². The summed E-state index contributed by atoms with van der Waals surface area (Å²) in [4.78, 5) is 16.2. The van der Waals surface area contributed by atoms with Crippen molar-refractivity contribution in [2.75, 3.05) is 13.7 Å². The number of aliphatic imine (C=N–C) groups is 1. The lowest BCUT2D eigenvalue weighted by Gasteiger charge is -2.16. The molecule has 0 saturated heterocycles. The molecule has 0 atom stereocenters. The average molecular weight is 203 g/mol. The number of carbonyl (C=O) groups is 1. The van der Waals surface area contributed by atoms with Crippen LogP contribution in [0.4, 0.5) is 0 Å². The molecule has 0 spiro atoms. The molecular weight excluding hydrogens is 194 g/mol. The Bertz CT molecular complexity index is 508. The lowest BCUT2D eigenvalue weighted by molar-refractivity contribution is 0.0925. The van der Waals surface area contributed by atoms with Gasteiger partial charge in [-0.3, -0.25) is 9.79 Å². The van der Waals surface area contributed by atoms with Crippen LogP contribution < -0.4 is 0 Å². The molecule has 1 aliphatic heterocycles. The van der Waals surface area contributed by atoms with Gasteiger partial charge in [0.1, 0.15) is 0 Å². The van der Waals surface area contributed by atoms with Crippen LogP contribution in [0.2, 0.25) is 0 Å². The molecule has 0 amide bonds. The van der Waals surface area contributed by atoms with E-state index in [1.165, 1.54) is 7.11 Å². The fourth-order valence-corrected chi connectivity index (χ4v) is 1.97. The third-order valence-electron chi connectivity index (χ3n) is 2.70. The summed E-state index contributed by atoms with van der Waals surface area (Å²) in [6.45, 7) is 0.739. The molecule has 1 aromatic rings. The van der Waals surface area contributed by atoms with Gasteiger partial charge in [0.15, 0.2) is 11.5 Å². The molecule has 3 rings (SSSR count). The minimum atomic E-state index is -0.195. The summed E-state index contributed by atoms with van der Waals surface area (Å²) in [5.41, 5.74) is 2.72. The standard InChI is InChI=1S/C11H9NO3/c1-14-8-4-7-9-6(2-3-12-7)5-15-11(9)10(8)13/h4-5H,2-3H2,1H3. The van der Waals surface area contributed by atoms with Crippen LogP contribution in [0.1, 0.15) is 21.7 Å². The van der Waals surface area contributed by atoms with Crippen LogP contribution in [0.15, 0.2) is 27.5 Å². The molecule has 0 bridgehead atoms. The van der Waals surface area contributed by atoms with E-state index in [4.69, 9.17) is 9.15 Å². The topological polar surface area (TPSA) is 51.8 Å². The molecule has 0 N–H and O–H groups in total. The van der Waals surface area contributed by atoms with E-state index in [9.17, 15) is 4.79 Å². The number of methoxy groups -OCH3 is 1. The van der Waals surface area contributed by atoms with Crippen LogP contribution in [0.25, 0.3) is 0 Å². The Kier molecular flexibility index (Phi) is 1.59. The van der Waals surface area contributed by atoms with Gasteiger partial charge in [-0.2, -0.15) is 0 Å². The van der Waals surface area contributed by atoms with Crippen LogP contribution in [0, 0.1) is 0 Å². The zero-order valence-electron chi connectivity index (χ0n) is 8.24. The SMILES string of the molecule is COC1=CC2=NCCc3coc(c32)C1=O. The van der Waals surface area contributed by atoms with E-state index in [2.05, 4.69) is 4.99 Å². The van der Waals surface area contributed by atoms with Crippen molar-refractivity contribution in [2.24, 2.45) is 4.99 Å². The van der Waals surface area contributed by atoms with Gasteiger partial charge in [-0.15, -0.1) is 0 Å². The van der Waals surface area contributed by atoms with Crippen LogP contribution >= 0.6 is 0 Å². The second kappa shape index (κ2) is 2.82. The smallest absolute Gasteiger partial charge is 0.263 e. The molecule has 0 radical (unpaired) electrons. The van der Waals surface area contributed by atoms with Crippen molar-refractivity contribution in [1.29, 1.82) is 0 Å². The van der Waals surface area contributed by atoms with Gasteiger partial charge in [0, 0.05) is 18.2 Å². The van der Waals surface area contributed by atoms with E-state index in [1.54, 1.807) is 12.3 Å². The molecular formula is C11H9NO3. The van der Waals surface area contributed by atoms with Crippen molar-refractivity contribution in [2.45, 2.75) is 6.42 Å². The van der Waals surface area contributed by atoms with E-state index in [-0.39, 0.29) is 5.78 Å². The number of hydrogen-bond donors (Lipinski definition) is 0. The highest BCUT2D eigenvalue weighted by Gasteiger charge is 2.32. The first kappa shape index (κ1) is 8.47. The highest BCUT2D eigenvalue weighted by Crippen LogP contribution is 2.29. The van der Waals surface area contributed by atoms with Gasteiger partial charge in [0.2, 0.25) is 0 Å². The van der Waals surface area contributed by atoms with Crippen molar-refractivity contribution < 1.29 is 13.9 Å². The van der Waals surface area contributed by atoms with Gasteiger partial charge in [-0.25, -0.2) is 0 Å². The molecule has 0 fully saturated rings. The Morgan fingerprint density at radius 1 is 1.53 bits per heavy atom. The van der Waals surface area contributed by atoms with Crippen molar-refractivity contribution >= 4 is 11.5 Å². The summed E-state index contributed by atoms with van der Waals surface area (Å²) in [5.74, 6) is 0.464. The Morgan fingerprint density at radius 3 is 3.20 bits per heavy atom. The summed E-state index contributed by atoms with van der Waals surface area (Å²) >= 11 is 0. The highest BCUT2D eigenvalue weighted by atomic mass is 16.5. The molecule has 1 aromatic heterocycles. The fourth-order valence-electron chi connectivity index (χ4n) is 1.97. The maximum absolute atomic E-state index is 11.8. The number of Topliss-reactive ketones (excluding diaryl/α,β-unsaturated/α-hetero) is 1. The molecule has 2 heterocycles. The van der Waals surface area contributed by atoms with E-state index in [1.807, 2.05) is 0 Å². The quantitative estimate of drug-likeness (QED) is 0.692. The van der Waals surface area contributed by atoms with Crippen LogP contribution in [-0.2, 0) is 11.2 Å².